The van der Waals surface area contributed by atoms with E-state index in [1.807, 2.05) is 18.7 Å². The van der Waals surface area contributed by atoms with E-state index in [-0.39, 0.29) is 17.6 Å². The predicted octanol–water partition coefficient (Wildman–Crippen LogP) is 3.66. The Balaban J connectivity index is 1.78. The van der Waals surface area contributed by atoms with Gasteiger partial charge in [0.05, 0.1) is 5.60 Å². The zero-order valence-corrected chi connectivity index (χ0v) is 15.7. The van der Waals surface area contributed by atoms with Gasteiger partial charge in [0.25, 0.3) is 0 Å². The van der Waals surface area contributed by atoms with Gasteiger partial charge < -0.3 is 15.1 Å². The summed E-state index contributed by atoms with van der Waals surface area (Å²) in [7, 11) is 0. The van der Waals surface area contributed by atoms with Crippen LogP contribution in [0.4, 0.5) is 0 Å². The highest BCUT2D eigenvalue weighted by Gasteiger charge is 2.50. The summed E-state index contributed by atoms with van der Waals surface area (Å²) < 4.78 is 0. The number of hydrogen-bond donors (Lipinski definition) is 2. The topological polar surface area (TPSA) is 60.8 Å². The van der Waals surface area contributed by atoms with Crippen LogP contribution in [0.25, 0.3) is 0 Å². The third kappa shape index (κ3) is 3.29. The maximum Gasteiger partial charge on any atom is 0.225 e. The zero-order chi connectivity index (χ0) is 18.2. The largest absolute Gasteiger partial charge is 0.508 e. The maximum absolute atomic E-state index is 13.1. The van der Waals surface area contributed by atoms with Gasteiger partial charge in [-0.3, -0.25) is 4.79 Å². The van der Waals surface area contributed by atoms with Crippen LogP contribution in [0.15, 0.2) is 24.3 Å². The molecule has 0 aromatic heterocycles. The number of rotatable bonds is 2. The number of benzene rings is 1. The molecule has 1 aliphatic carbocycles. The molecule has 0 spiro atoms. The average Bonchev–Trinajstić information content (AvgIpc) is 2.57. The standard InChI is InChI=1S/C21H31NO3/c1-15-6-4-5-7-18(15)19(24)22-13-12-21(25,20(2,3)14-22)16-8-10-17(23)11-9-16/h8-11,15,18,23,25H,4-7,12-14H2,1-3H3/t15-,18?,21+/m1/s1. The van der Waals surface area contributed by atoms with E-state index in [0.717, 1.165) is 24.8 Å². The van der Waals surface area contributed by atoms with Gasteiger partial charge in [-0.1, -0.05) is 45.7 Å². The minimum absolute atomic E-state index is 0.143. The van der Waals surface area contributed by atoms with Gasteiger partial charge in [0, 0.05) is 24.4 Å². The van der Waals surface area contributed by atoms with Crippen molar-refractivity contribution in [2.45, 2.75) is 58.5 Å². The summed E-state index contributed by atoms with van der Waals surface area (Å²) in [5.74, 6) is 1.07. The fraction of sp³-hybridized carbons (Fsp3) is 0.667. The Morgan fingerprint density at radius 2 is 1.80 bits per heavy atom. The van der Waals surface area contributed by atoms with Crippen LogP contribution in [-0.4, -0.2) is 34.1 Å². The van der Waals surface area contributed by atoms with Gasteiger partial charge in [-0.2, -0.15) is 0 Å². The highest BCUT2D eigenvalue weighted by atomic mass is 16.3. The van der Waals surface area contributed by atoms with Crippen molar-refractivity contribution in [1.82, 2.24) is 4.90 Å². The van der Waals surface area contributed by atoms with Crippen molar-refractivity contribution < 1.29 is 15.0 Å². The van der Waals surface area contributed by atoms with Crippen molar-refractivity contribution in [3.05, 3.63) is 29.8 Å². The first-order chi connectivity index (χ1) is 11.7. The summed E-state index contributed by atoms with van der Waals surface area (Å²) in [5.41, 5.74) is -0.626. The molecular weight excluding hydrogens is 314 g/mol. The zero-order valence-electron chi connectivity index (χ0n) is 15.7. The molecule has 2 aliphatic rings. The number of piperidine rings is 1. The van der Waals surface area contributed by atoms with Crippen molar-refractivity contribution >= 4 is 5.91 Å². The molecule has 2 N–H and O–H groups in total. The van der Waals surface area contributed by atoms with Crippen LogP contribution in [-0.2, 0) is 10.4 Å². The van der Waals surface area contributed by atoms with Crippen molar-refractivity contribution in [2.24, 2.45) is 17.3 Å². The van der Waals surface area contributed by atoms with E-state index in [2.05, 4.69) is 6.92 Å². The monoisotopic (exact) mass is 345 g/mol. The van der Waals surface area contributed by atoms with E-state index in [1.165, 1.54) is 6.42 Å². The third-order valence-electron chi connectivity index (χ3n) is 6.53. The van der Waals surface area contributed by atoms with E-state index in [0.29, 0.717) is 25.4 Å². The van der Waals surface area contributed by atoms with Crippen molar-refractivity contribution in [3.8, 4) is 5.75 Å². The minimum Gasteiger partial charge on any atom is -0.508 e. The molecule has 1 amide bonds. The molecule has 3 rings (SSSR count). The summed E-state index contributed by atoms with van der Waals surface area (Å²) in [5, 5.41) is 20.9. The Kier molecular flexibility index (Phi) is 4.84. The molecule has 2 fully saturated rings. The molecule has 1 aromatic carbocycles. The SMILES string of the molecule is C[C@@H]1CCCCC1C(=O)N1CC[C@](O)(c2ccc(O)cc2)C(C)(C)C1. The van der Waals surface area contributed by atoms with E-state index in [1.54, 1.807) is 24.3 Å². The van der Waals surface area contributed by atoms with E-state index < -0.39 is 11.0 Å². The first-order valence-corrected chi connectivity index (χ1v) is 9.55. The van der Waals surface area contributed by atoms with Crippen LogP contribution >= 0.6 is 0 Å². The van der Waals surface area contributed by atoms with E-state index in [9.17, 15) is 15.0 Å². The van der Waals surface area contributed by atoms with Gasteiger partial charge in [0.1, 0.15) is 5.75 Å². The number of nitrogens with zero attached hydrogens (tertiary/aromatic N) is 1. The van der Waals surface area contributed by atoms with Gasteiger partial charge in [-0.25, -0.2) is 0 Å². The molecule has 138 valence electrons. The molecule has 1 heterocycles. The number of aliphatic hydroxyl groups is 1. The number of carbonyl (C=O) groups is 1. The van der Waals surface area contributed by atoms with Gasteiger partial charge in [-0.05, 0) is 42.9 Å². The fourth-order valence-electron chi connectivity index (χ4n) is 4.70. The Labute approximate surface area is 150 Å². The number of aromatic hydroxyl groups is 1. The highest BCUT2D eigenvalue weighted by molar-refractivity contribution is 5.79. The number of likely N-dealkylation sites (tertiary alicyclic amines) is 1. The summed E-state index contributed by atoms with van der Waals surface area (Å²) in [6, 6.07) is 6.81. The number of phenolic OH excluding ortho intramolecular Hbond substituents is 1. The number of amides is 1. The molecule has 1 saturated heterocycles. The molecule has 4 heteroatoms. The first kappa shape index (κ1) is 18.2. The quantitative estimate of drug-likeness (QED) is 0.860. The lowest BCUT2D eigenvalue weighted by molar-refractivity contribution is -0.158. The van der Waals surface area contributed by atoms with Crippen LogP contribution in [0, 0.1) is 17.3 Å². The first-order valence-electron chi connectivity index (χ1n) is 9.55. The molecule has 25 heavy (non-hydrogen) atoms. The van der Waals surface area contributed by atoms with Crippen molar-refractivity contribution in [1.29, 1.82) is 0 Å². The van der Waals surface area contributed by atoms with Crippen molar-refractivity contribution in [2.75, 3.05) is 13.1 Å². The lowest BCUT2D eigenvalue weighted by atomic mass is 9.66. The summed E-state index contributed by atoms with van der Waals surface area (Å²) in [4.78, 5) is 15.0. The summed E-state index contributed by atoms with van der Waals surface area (Å²) in [6.45, 7) is 7.41. The highest BCUT2D eigenvalue weighted by Crippen LogP contribution is 2.47. The second kappa shape index (κ2) is 6.64. The third-order valence-corrected chi connectivity index (χ3v) is 6.53. The molecular formula is C21H31NO3. The number of carbonyl (C=O) groups excluding carboxylic acids is 1. The van der Waals surface area contributed by atoms with Crippen LogP contribution in [0.1, 0.15) is 58.4 Å². The Hall–Kier alpha value is -1.55. The molecule has 1 saturated carbocycles. The Morgan fingerprint density at radius 3 is 2.40 bits per heavy atom. The average molecular weight is 345 g/mol. The Bertz CT molecular complexity index is 625. The molecule has 0 radical (unpaired) electrons. The lowest BCUT2D eigenvalue weighted by Gasteiger charge is -2.51. The molecule has 4 nitrogen and oxygen atoms in total. The molecule has 1 aromatic rings. The second-order valence-corrected chi connectivity index (χ2v) is 8.67. The summed E-state index contributed by atoms with van der Waals surface area (Å²) >= 11 is 0. The maximum atomic E-state index is 13.1. The van der Waals surface area contributed by atoms with Crippen LogP contribution in [0.2, 0.25) is 0 Å². The van der Waals surface area contributed by atoms with Crippen LogP contribution in [0.5, 0.6) is 5.75 Å². The molecule has 1 aliphatic heterocycles. The van der Waals surface area contributed by atoms with Crippen LogP contribution in [0.3, 0.4) is 0 Å². The molecule has 0 bridgehead atoms. The normalized spacial score (nSPS) is 32.4. The number of hydrogen-bond acceptors (Lipinski definition) is 3. The predicted molar refractivity (Wildman–Crippen MR) is 98.1 cm³/mol. The van der Waals surface area contributed by atoms with Crippen LogP contribution < -0.4 is 0 Å². The van der Waals surface area contributed by atoms with E-state index >= 15 is 0 Å². The fourth-order valence-corrected chi connectivity index (χ4v) is 4.70. The van der Waals surface area contributed by atoms with E-state index in [4.69, 9.17) is 0 Å². The lowest BCUT2D eigenvalue weighted by Crippen LogP contribution is -2.58. The number of phenols is 1. The van der Waals surface area contributed by atoms with Gasteiger partial charge >= 0.3 is 0 Å². The minimum atomic E-state index is -0.990. The molecule has 3 atom stereocenters. The molecule has 1 unspecified atom stereocenters. The van der Waals surface area contributed by atoms with Crippen molar-refractivity contribution in [3.63, 3.8) is 0 Å². The Morgan fingerprint density at radius 1 is 1.16 bits per heavy atom. The second-order valence-electron chi connectivity index (χ2n) is 8.67. The van der Waals surface area contributed by atoms with Gasteiger partial charge in [-0.15, -0.1) is 0 Å². The summed E-state index contributed by atoms with van der Waals surface area (Å²) in [6.07, 6.45) is 5.05. The van der Waals surface area contributed by atoms with Gasteiger partial charge in [0.2, 0.25) is 5.91 Å². The smallest absolute Gasteiger partial charge is 0.225 e. The van der Waals surface area contributed by atoms with Gasteiger partial charge in [0.15, 0.2) is 0 Å².